The summed E-state index contributed by atoms with van der Waals surface area (Å²) in [7, 11) is 0. The van der Waals surface area contributed by atoms with Gasteiger partial charge in [0.15, 0.2) is 0 Å². The number of nitriles is 1. The summed E-state index contributed by atoms with van der Waals surface area (Å²) in [5.41, 5.74) is -0.819. The molecule has 2 aromatic carbocycles. The number of aromatic nitrogens is 4. The number of aromatic hydroxyl groups is 1. The number of carbonyl (C=O) groups excluding carboxylic acids is 1. The molecule has 1 saturated heterocycles. The second-order valence-corrected chi connectivity index (χ2v) is 11.7. The summed E-state index contributed by atoms with van der Waals surface area (Å²) in [6.45, 7) is 6.57. The van der Waals surface area contributed by atoms with Crippen molar-refractivity contribution in [3.8, 4) is 17.6 Å². The van der Waals surface area contributed by atoms with Gasteiger partial charge in [-0.05, 0) is 36.2 Å². The van der Waals surface area contributed by atoms with Crippen LogP contribution in [0.25, 0.3) is 5.69 Å². The van der Waals surface area contributed by atoms with Gasteiger partial charge in [0.1, 0.15) is 11.4 Å². The maximum atomic E-state index is 14.0. The summed E-state index contributed by atoms with van der Waals surface area (Å²) in [5.74, 6) is -0.846. The first kappa shape index (κ1) is 27.4. The van der Waals surface area contributed by atoms with Crippen LogP contribution in [0.15, 0.2) is 59.4 Å². The van der Waals surface area contributed by atoms with E-state index in [1.807, 2.05) is 51.1 Å². The highest BCUT2D eigenvalue weighted by Gasteiger charge is 2.50. The number of halogens is 3. The summed E-state index contributed by atoms with van der Waals surface area (Å²) in [6.07, 6.45) is -4.44. The Balaban J connectivity index is 1.39. The molecule has 2 bridgehead atoms. The molecule has 216 valence electrons. The van der Waals surface area contributed by atoms with Crippen LogP contribution in [0.1, 0.15) is 77.8 Å². The molecule has 4 heterocycles. The van der Waals surface area contributed by atoms with Crippen LogP contribution < -0.4 is 5.69 Å². The molecule has 2 atom stereocenters. The van der Waals surface area contributed by atoms with Crippen LogP contribution >= 0.6 is 0 Å². The van der Waals surface area contributed by atoms with Crippen LogP contribution in [0, 0.1) is 11.3 Å². The molecule has 1 amide bonds. The second-order valence-electron chi connectivity index (χ2n) is 11.7. The first-order valence-electron chi connectivity index (χ1n) is 13.4. The summed E-state index contributed by atoms with van der Waals surface area (Å²) in [5, 5.41) is 25.1. The predicted molar refractivity (Wildman–Crippen MR) is 145 cm³/mol. The number of fused-ring (bicyclic) bond motifs is 5. The van der Waals surface area contributed by atoms with Crippen LogP contribution in [0.4, 0.5) is 13.2 Å². The molecule has 4 aromatic rings. The van der Waals surface area contributed by atoms with Crippen molar-refractivity contribution in [3.05, 3.63) is 98.9 Å². The molecule has 6 rings (SSSR count). The van der Waals surface area contributed by atoms with Gasteiger partial charge in [0.25, 0.3) is 5.91 Å². The van der Waals surface area contributed by atoms with Gasteiger partial charge in [-0.15, -0.1) is 0 Å². The Bertz CT molecular complexity index is 1820. The zero-order chi connectivity index (χ0) is 30.1. The van der Waals surface area contributed by atoms with Crippen LogP contribution in [0.3, 0.4) is 0 Å². The van der Waals surface area contributed by atoms with Crippen LogP contribution in [0.5, 0.6) is 5.88 Å². The molecule has 9 nitrogen and oxygen atoms in total. The van der Waals surface area contributed by atoms with Gasteiger partial charge in [-0.2, -0.15) is 23.5 Å². The van der Waals surface area contributed by atoms with E-state index in [2.05, 4.69) is 0 Å². The molecule has 2 aliphatic heterocycles. The minimum absolute atomic E-state index is 0.174. The van der Waals surface area contributed by atoms with Crippen molar-refractivity contribution >= 4 is 5.91 Å². The van der Waals surface area contributed by atoms with Gasteiger partial charge in [0.05, 0.1) is 47.2 Å². The van der Waals surface area contributed by atoms with Crippen LogP contribution in [-0.2, 0) is 18.1 Å². The average molecular weight is 577 g/mol. The quantitative estimate of drug-likeness (QED) is 0.371. The Kier molecular flexibility index (Phi) is 6.11. The summed E-state index contributed by atoms with van der Waals surface area (Å²) < 4.78 is 44.7. The predicted octanol–water partition coefficient (Wildman–Crippen LogP) is 4.92. The highest BCUT2D eigenvalue weighted by atomic mass is 19.4. The van der Waals surface area contributed by atoms with Gasteiger partial charge in [0, 0.05) is 12.0 Å². The van der Waals surface area contributed by atoms with E-state index >= 15 is 0 Å². The van der Waals surface area contributed by atoms with Crippen molar-refractivity contribution in [2.24, 2.45) is 0 Å². The monoisotopic (exact) mass is 576 g/mol. The molecular formula is C30H27F3N6O3. The summed E-state index contributed by atoms with van der Waals surface area (Å²) >= 11 is 0. The fraction of sp³-hybridized carbons (Fsp3) is 0.333. The van der Waals surface area contributed by atoms with E-state index in [9.17, 15) is 27.9 Å². The maximum Gasteiger partial charge on any atom is 0.417 e. The number of nitrogens with zero attached hydrogens (tertiary/aromatic N) is 6. The first-order valence-corrected chi connectivity index (χ1v) is 13.4. The Hall–Kier alpha value is -4.79. The number of carbonyl (C=O) groups is 1. The second kappa shape index (κ2) is 9.37. The van der Waals surface area contributed by atoms with Crippen molar-refractivity contribution < 1.29 is 23.1 Å². The molecule has 1 unspecified atom stereocenters. The third-order valence-electron chi connectivity index (χ3n) is 7.95. The largest absolute Gasteiger partial charge is 0.493 e. The number of imidazole rings is 1. The zero-order valence-electron chi connectivity index (χ0n) is 23.1. The molecule has 2 aromatic heterocycles. The zero-order valence-corrected chi connectivity index (χ0v) is 23.1. The van der Waals surface area contributed by atoms with E-state index in [0.717, 1.165) is 21.9 Å². The topological polar surface area (TPSA) is 109 Å². The molecule has 1 fully saturated rings. The van der Waals surface area contributed by atoms with Crippen LogP contribution in [-0.4, -0.2) is 41.4 Å². The fourth-order valence-electron chi connectivity index (χ4n) is 5.89. The van der Waals surface area contributed by atoms with Crippen molar-refractivity contribution in [1.82, 2.24) is 23.8 Å². The number of likely N-dealkylation sites (tertiary alicyclic amines) is 1. The lowest BCUT2D eigenvalue weighted by molar-refractivity contribution is -0.137. The third kappa shape index (κ3) is 4.27. The van der Waals surface area contributed by atoms with Gasteiger partial charge in [-0.3, -0.25) is 14.0 Å². The maximum absolute atomic E-state index is 14.0. The van der Waals surface area contributed by atoms with Crippen molar-refractivity contribution in [2.75, 3.05) is 6.54 Å². The molecule has 0 saturated carbocycles. The number of alkyl halides is 3. The molecule has 0 aliphatic carbocycles. The SMILES string of the molecule is CC(C)(C)c1cc(C(=O)N2C[C@H]3CC2c2c(O)n(-c4ccc(C#N)c(C(F)(F)F)c4)c(=O)n23)n(Cc2ccccc2)n1. The number of rotatable bonds is 4. The molecule has 0 spiro atoms. The minimum atomic E-state index is -4.83. The third-order valence-corrected chi connectivity index (χ3v) is 7.95. The lowest BCUT2D eigenvalue weighted by Gasteiger charge is -2.27. The van der Waals surface area contributed by atoms with E-state index in [1.165, 1.54) is 16.7 Å². The lowest BCUT2D eigenvalue weighted by Crippen LogP contribution is -2.38. The minimum Gasteiger partial charge on any atom is -0.493 e. The summed E-state index contributed by atoms with van der Waals surface area (Å²) in [4.78, 5) is 29.0. The fourth-order valence-corrected chi connectivity index (χ4v) is 5.89. The molecule has 2 aliphatic rings. The molecular weight excluding hydrogens is 549 g/mol. The first-order chi connectivity index (χ1) is 19.8. The van der Waals surface area contributed by atoms with E-state index in [4.69, 9.17) is 10.4 Å². The Morgan fingerprint density at radius 1 is 1.12 bits per heavy atom. The number of amides is 1. The van der Waals surface area contributed by atoms with E-state index in [-0.39, 0.29) is 29.2 Å². The standard InChI is InChI=1S/C30H27F3N6O3/c1-29(2,3)24-13-23(37(35-24)15-17-7-5-4-6-8-17)26(40)36-16-20-12-22(36)25-27(41)39(28(42)38(20)25)19-10-9-18(14-34)21(11-19)30(31,32)33/h4-11,13,20,22,41H,12,15-16H2,1-3H3/t20-,22?/m1/s1. The summed E-state index contributed by atoms with van der Waals surface area (Å²) in [6, 6.07) is 14.6. The van der Waals surface area contributed by atoms with E-state index in [1.54, 1.807) is 15.6 Å². The smallest absolute Gasteiger partial charge is 0.417 e. The van der Waals surface area contributed by atoms with Crippen molar-refractivity contribution in [1.29, 1.82) is 5.26 Å². The van der Waals surface area contributed by atoms with Gasteiger partial charge in [0.2, 0.25) is 5.88 Å². The van der Waals surface area contributed by atoms with Gasteiger partial charge >= 0.3 is 11.9 Å². The van der Waals surface area contributed by atoms with Crippen molar-refractivity contribution in [2.45, 2.75) is 57.4 Å². The van der Waals surface area contributed by atoms with Crippen molar-refractivity contribution in [3.63, 3.8) is 0 Å². The highest BCUT2D eigenvalue weighted by molar-refractivity contribution is 5.93. The van der Waals surface area contributed by atoms with E-state index in [0.29, 0.717) is 24.7 Å². The number of hydrogen-bond donors (Lipinski definition) is 1. The molecule has 42 heavy (non-hydrogen) atoms. The number of benzene rings is 2. The average Bonchev–Trinajstić information content (AvgIpc) is 3.70. The lowest BCUT2D eigenvalue weighted by atomic mass is 9.92. The van der Waals surface area contributed by atoms with Gasteiger partial charge in [-0.1, -0.05) is 51.1 Å². The Morgan fingerprint density at radius 2 is 1.83 bits per heavy atom. The normalized spacial score (nSPS) is 17.9. The molecule has 0 radical (unpaired) electrons. The van der Waals surface area contributed by atoms with Crippen LogP contribution in [0.2, 0.25) is 0 Å². The van der Waals surface area contributed by atoms with Gasteiger partial charge < -0.3 is 10.0 Å². The van der Waals surface area contributed by atoms with E-state index < -0.39 is 41.0 Å². The number of hydrogen-bond acceptors (Lipinski definition) is 5. The van der Waals surface area contributed by atoms with Gasteiger partial charge in [-0.25, -0.2) is 9.36 Å². The molecule has 1 N–H and O–H groups in total. The Labute approximate surface area is 238 Å². The highest BCUT2D eigenvalue weighted by Crippen LogP contribution is 2.49. The Morgan fingerprint density at radius 3 is 2.48 bits per heavy atom. The molecule has 12 heteroatoms.